The summed E-state index contributed by atoms with van der Waals surface area (Å²) in [6, 6.07) is 5.74. The predicted octanol–water partition coefficient (Wildman–Crippen LogP) is 2.23. The molecule has 15 heavy (non-hydrogen) atoms. The zero-order valence-corrected chi connectivity index (χ0v) is 9.16. The lowest BCUT2D eigenvalue weighted by atomic mass is 10.1. The Labute approximate surface area is 90.0 Å². The summed E-state index contributed by atoms with van der Waals surface area (Å²) in [5.74, 6) is 1.47. The van der Waals surface area contributed by atoms with Gasteiger partial charge in [-0.15, -0.1) is 0 Å². The molecular formula is C12H16O3. The topological polar surface area (TPSA) is 35.5 Å². The molecule has 0 aliphatic carbocycles. The van der Waals surface area contributed by atoms with Gasteiger partial charge in [-0.2, -0.15) is 0 Å². The molecule has 0 atom stereocenters. The van der Waals surface area contributed by atoms with E-state index in [1.807, 2.05) is 25.1 Å². The van der Waals surface area contributed by atoms with Gasteiger partial charge in [0.25, 0.3) is 0 Å². The fraction of sp³-hybridized carbons (Fsp3) is 0.417. The van der Waals surface area contributed by atoms with Crippen molar-refractivity contribution in [2.75, 3.05) is 13.7 Å². The maximum atomic E-state index is 10.2. The van der Waals surface area contributed by atoms with Crippen molar-refractivity contribution in [1.29, 1.82) is 0 Å². The van der Waals surface area contributed by atoms with Crippen molar-refractivity contribution in [1.82, 2.24) is 0 Å². The van der Waals surface area contributed by atoms with Gasteiger partial charge in [0.1, 0.15) is 6.29 Å². The zero-order chi connectivity index (χ0) is 11.1. The van der Waals surface area contributed by atoms with E-state index < -0.39 is 0 Å². The van der Waals surface area contributed by atoms with Crippen molar-refractivity contribution in [3.05, 3.63) is 23.8 Å². The lowest BCUT2D eigenvalue weighted by molar-refractivity contribution is -0.107. The summed E-state index contributed by atoms with van der Waals surface area (Å²) in [5.41, 5.74) is 1.09. The van der Waals surface area contributed by atoms with Crippen LogP contribution in [0, 0.1) is 0 Å². The molecule has 0 radical (unpaired) electrons. The molecule has 0 N–H and O–H groups in total. The van der Waals surface area contributed by atoms with Gasteiger partial charge in [0.15, 0.2) is 11.5 Å². The van der Waals surface area contributed by atoms with Crippen molar-refractivity contribution in [2.45, 2.75) is 19.8 Å². The van der Waals surface area contributed by atoms with Crippen molar-refractivity contribution in [3.63, 3.8) is 0 Å². The van der Waals surface area contributed by atoms with Crippen molar-refractivity contribution < 1.29 is 14.3 Å². The van der Waals surface area contributed by atoms with Crippen LogP contribution in [-0.4, -0.2) is 20.0 Å². The van der Waals surface area contributed by atoms with E-state index in [0.717, 1.165) is 29.8 Å². The fourth-order valence-electron chi connectivity index (χ4n) is 1.37. The molecule has 0 amide bonds. The van der Waals surface area contributed by atoms with Gasteiger partial charge in [-0.05, 0) is 31.0 Å². The van der Waals surface area contributed by atoms with Crippen molar-refractivity contribution in [3.8, 4) is 11.5 Å². The van der Waals surface area contributed by atoms with Crippen LogP contribution in [0.25, 0.3) is 0 Å². The summed E-state index contributed by atoms with van der Waals surface area (Å²) in [6.45, 7) is 2.55. The summed E-state index contributed by atoms with van der Waals surface area (Å²) >= 11 is 0. The molecule has 0 saturated heterocycles. The Hall–Kier alpha value is -1.51. The van der Waals surface area contributed by atoms with Gasteiger partial charge < -0.3 is 14.3 Å². The summed E-state index contributed by atoms with van der Waals surface area (Å²) in [7, 11) is 1.61. The number of rotatable bonds is 6. The molecule has 3 heteroatoms. The van der Waals surface area contributed by atoms with E-state index in [-0.39, 0.29) is 0 Å². The zero-order valence-electron chi connectivity index (χ0n) is 9.16. The maximum Gasteiger partial charge on any atom is 0.161 e. The third-order valence-corrected chi connectivity index (χ3v) is 2.08. The molecule has 0 aliphatic heterocycles. The molecule has 0 heterocycles. The molecular weight excluding hydrogens is 192 g/mol. The molecule has 0 fully saturated rings. The van der Waals surface area contributed by atoms with Gasteiger partial charge in [0.05, 0.1) is 13.7 Å². The molecule has 0 unspecified atom stereocenters. The van der Waals surface area contributed by atoms with Crippen LogP contribution in [0.3, 0.4) is 0 Å². The minimum atomic E-state index is 0.539. The lowest BCUT2D eigenvalue weighted by Crippen LogP contribution is -1.96. The van der Waals surface area contributed by atoms with Gasteiger partial charge in [-0.3, -0.25) is 0 Å². The van der Waals surface area contributed by atoms with E-state index in [4.69, 9.17) is 9.47 Å². The highest BCUT2D eigenvalue weighted by Crippen LogP contribution is 2.28. The number of hydrogen-bond acceptors (Lipinski definition) is 3. The molecule has 0 saturated carbocycles. The van der Waals surface area contributed by atoms with E-state index in [0.29, 0.717) is 13.0 Å². The molecule has 82 valence electrons. The molecule has 3 nitrogen and oxygen atoms in total. The van der Waals surface area contributed by atoms with E-state index in [1.165, 1.54) is 0 Å². The quantitative estimate of drug-likeness (QED) is 0.672. The summed E-state index contributed by atoms with van der Waals surface area (Å²) in [6.07, 6.45) is 2.20. The average molecular weight is 208 g/mol. The van der Waals surface area contributed by atoms with Crippen LogP contribution in [0.1, 0.15) is 18.9 Å². The first-order valence-corrected chi connectivity index (χ1v) is 5.05. The fourth-order valence-corrected chi connectivity index (χ4v) is 1.37. The summed E-state index contributed by atoms with van der Waals surface area (Å²) in [5, 5.41) is 0. The largest absolute Gasteiger partial charge is 0.493 e. The second kappa shape index (κ2) is 6.06. The first-order chi connectivity index (χ1) is 7.31. The van der Waals surface area contributed by atoms with Crippen LogP contribution in [0.5, 0.6) is 11.5 Å². The van der Waals surface area contributed by atoms with Crippen LogP contribution < -0.4 is 9.47 Å². The Bertz CT molecular complexity index is 321. The third-order valence-electron chi connectivity index (χ3n) is 2.08. The van der Waals surface area contributed by atoms with E-state index in [9.17, 15) is 4.79 Å². The van der Waals surface area contributed by atoms with Crippen molar-refractivity contribution in [2.24, 2.45) is 0 Å². The van der Waals surface area contributed by atoms with Gasteiger partial charge in [-0.25, -0.2) is 0 Å². The Morgan fingerprint density at radius 1 is 1.33 bits per heavy atom. The molecule has 1 aromatic rings. The maximum absolute atomic E-state index is 10.2. The van der Waals surface area contributed by atoms with Crippen molar-refractivity contribution >= 4 is 6.29 Å². The lowest BCUT2D eigenvalue weighted by Gasteiger charge is -2.10. The van der Waals surface area contributed by atoms with E-state index >= 15 is 0 Å². The number of carbonyl (C=O) groups is 1. The SMILES string of the molecule is CCOc1ccc(CCC=O)cc1OC. The Morgan fingerprint density at radius 3 is 2.73 bits per heavy atom. The van der Waals surface area contributed by atoms with Crippen LogP contribution in [-0.2, 0) is 11.2 Å². The van der Waals surface area contributed by atoms with Crippen LogP contribution in [0.15, 0.2) is 18.2 Å². The van der Waals surface area contributed by atoms with Gasteiger partial charge in [0.2, 0.25) is 0 Å². The highest BCUT2D eigenvalue weighted by atomic mass is 16.5. The highest BCUT2D eigenvalue weighted by Gasteiger charge is 2.04. The molecule has 1 aromatic carbocycles. The average Bonchev–Trinajstić information content (AvgIpc) is 2.28. The minimum absolute atomic E-state index is 0.539. The summed E-state index contributed by atoms with van der Waals surface area (Å²) < 4.78 is 10.6. The normalized spacial score (nSPS) is 9.73. The minimum Gasteiger partial charge on any atom is -0.493 e. The first-order valence-electron chi connectivity index (χ1n) is 5.05. The second-order valence-electron chi connectivity index (χ2n) is 3.12. The number of hydrogen-bond donors (Lipinski definition) is 0. The van der Waals surface area contributed by atoms with Gasteiger partial charge in [-0.1, -0.05) is 6.07 Å². The number of carbonyl (C=O) groups excluding carboxylic acids is 1. The molecule has 0 aromatic heterocycles. The van der Waals surface area contributed by atoms with E-state index in [2.05, 4.69) is 0 Å². The third kappa shape index (κ3) is 3.27. The predicted molar refractivity (Wildman–Crippen MR) is 58.5 cm³/mol. The van der Waals surface area contributed by atoms with Crippen LogP contribution in [0.4, 0.5) is 0 Å². The Kier molecular flexibility index (Phi) is 4.68. The highest BCUT2D eigenvalue weighted by molar-refractivity contribution is 5.51. The summed E-state index contributed by atoms with van der Waals surface area (Å²) in [4.78, 5) is 10.2. The Balaban J connectivity index is 2.81. The number of ether oxygens (including phenoxy) is 2. The molecule has 1 rings (SSSR count). The first kappa shape index (κ1) is 11.6. The second-order valence-corrected chi connectivity index (χ2v) is 3.12. The van der Waals surface area contributed by atoms with Gasteiger partial charge >= 0.3 is 0 Å². The monoisotopic (exact) mass is 208 g/mol. The molecule has 0 spiro atoms. The number of aryl methyl sites for hydroxylation is 1. The molecule has 0 aliphatic rings. The smallest absolute Gasteiger partial charge is 0.161 e. The van der Waals surface area contributed by atoms with Crippen LogP contribution >= 0.6 is 0 Å². The number of benzene rings is 1. The van der Waals surface area contributed by atoms with E-state index in [1.54, 1.807) is 7.11 Å². The van der Waals surface area contributed by atoms with Crippen LogP contribution in [0.2, 0.25) is 0 Å². The number of methoxy groups -OCH3 is 1. The number of aldehydes is 1. The standard InChI is InChI=1S/C12H16O3/c1-3-15-11-7-6-10(5-4-8-13)9-12(11)14-2/h6-9H,3-5H2,1-2H3. The molecule has 0 bridgehead atoms. The van der Waals surface area contributed by atoms with Gasteiger partial charge in [0, 0.05) is 6.42 Å². The Morgan fingerprint density at radius 2 is 2.13 bits per heavy atom.